The summed E-state index contributed by atoms with van der Waals surface area (Å²) in [5, 5.41) is 0. The first-order valence-corrected chi connectivity index (χ1v) is 7.22. The second kappa shape index (κ2) is 6.10. The Morgan fingerprint density at radius 1 is 1.41 bits per heavy atom. The minimum atomic E-state index is 0.197. The van der Waals surface area contributed by atoms with Crippen LogP contribution in [0.25, 0.3) is 0 Å². The Morgan fingerprint density at radius 2 is 2.18 bits per heavy atom. The van der Waals surface area contributed by atoms with Gasteiger partial charge in [0.05, 0.1) is 0 Å². The standard InChI is InChI=1S/C14H18O2S/c1-11(15)9-12-4-6-13(7-5-12)16-14-3-2-8-17-10-14/h4-7,14H,2-3,8-10H2,1H3. The monoisotopic (exact) mass is 250 g/mol. The molecule has 0 amide bonds. The Morgan fingerprint density at radius 3 is 2.76 bits per heavy atom. The highest BCUT2D eigenvalue weighted by Crippen LogP contribution is 2.22. The van der Waals surface area contributed by atoms with Crippen molar-refractivity contribution in [2.24, 2.45) is 0 Å². The topological polar surface area (TPSA) is 26.3 Å². The maximum Gasteiger partial charge on any atom is 0.134 e. The van der Waals surface area contributed by atoms with E-state index in [1.807, 2.05) is 36.0 Å². The Labute approximate surface area is 107 Å². The summed E-state index contributed by atoms with van der Waals surface area (Å²) in [6.07, 6.45) is 3.27. The molecule has 1 aliphatic rings. The third kappa shape index (κ3) is 4.08. The van der Waals surface area contributed by atoms with E-state index >= 15 is 0 Å². The molecule has 1 aromatic carbocycles. The lowest BCUT2D eigenvalue weighted by molar-refractivity contribution is -0.116. The Hall–Kier alpha value is -0.960. The van der Waals surface area contributed by atoms with Gasteiger partial charge < -0.3 is 4.74 Å². The summed E-state index contributed by atoms with van der Waals surface area (Å²) in [5.74, 6) is 3.47. The quantitative estimate of drug-likeness (QED) is 0.821. The number of rotatable bonds is 4. The first kappa shape index (κ1) is 12.5. The van der Waals surface area contributed by atoms with Crippen molar-refractivity contribution >= 4 is 17.5 Å². The van der Waals surface area contributed by atoms with Crippen LogP contribution in [-0.4, -0.2) is 23.4 Å². The summed E-state index contributed by atoms with van der Waals surface area (Å²) < 4.78 is 5.91. The lowest BCUT2D eigenvalue weighted by Crippen LogP contribution is -2.23. The van der Waals surface area contributed by atoms with Crippen molar-refractivity contribution in [2.75, 3.05) is 11.5 Å². The van der Waals surface area contributed by atoms with Crippen LogP contribution in [-0.2, 0) is 11.2 Å². The summed E-state index contributed by atoms with van der Waals surface area (Å²) in [7, 11) is 0. The van der Waals surface area contributed by atoms with Crippen molar-refractivity contribution in [1.82, 2.24) is 0 Å². The van der Waals surface area contributed by atoms with E-state index in [2.05, 4.69) is 0 Å². The van der Waals surface area contributed by atoms with Crippen molar-refractivity contribution in [1.29, 1.82) is 0 Å². The summed E-state index contributed by atoms with van der Waals surface area (Å²) in [5.41, 5.74) is 1.06. The highest BCUT2D eigenvalue weighted by atomic mass is 32.2. The van der Waals surface area contributed by atoms with Crippen LogP contribution in [0.2, 0.25) is 0 Å². The predicted molar refractivity (Wildman–Crippen MR) is 71.8 cm³/mol. The van der Waals surface area contributed by atoms with E-state index in [1.54, 1.807) is 6.92 Å². The van der Waals surface area contributed by atoms with Crippen LogP contribution in [0, 0.1) is 0 Å². The lowest BCUT2D eigenvalue weighted by Gasteiger charge is -2.22. The highest BCUT2D eigenvalue weighted by Gasteiger charge is 2.14. The molecular weight excluding hydrogens is 232 g/mol. The van der Waals surface area contributed by atoms with E-state index in [0.717, 1.165) is 23.5 Å². The number of ketones is 1. The van der Waals surface area contributed by atoms with Crippen LogP contribution >= 0.6 is 11.8 Å². The summed E-state index contributed by atoms with van der Waals surface area (Å²) in [4.78, 5) is 11.0. The molecule has 0 saturated carbocycles. The molecule has 0 aliphatic carbocycles. The van der Waals surface area contributed by atoms with Gasteiger partial charge in [0, 0.05) is 12.2 Å². The van der Waals surface area contributed by atoms with Crippen molar-refractivity contribution in [3.63, 3.8) is 0 Å². The van der Waals surface area contributed by atoms with Crippen LogP contribution in [0.15, 0.2) is 24.3 Å². The van der Waals surface area contributed by atoms with Gasteiger partial charge in [0.25, 0.3) is 0 Å². The second-order valence-electron chi connectivity index (χ2n) is 4.48. The number of ether oxygens (including phenoxy) is 1. The Balaban J connectivity index is 1.90. The summed E-state index contributed by atoms with van der Waals surface area (Å²) in [6.45, 7) is 1.61. The highest BCUT2D eigenvalue weighted by molar-refractivity contribution is 7.99. The van der Waals surface area contributed by atoms with E-state index in [9.17, 15) is 4.79 Å². The molecule has 0 aromatic heterocycles. The van der Waals surface area contributed by atoms with Crippen LogP contribution in [0.4, 0.5) is 0 Å². The minimum Gasteiger partial charge on any atom is -0.490 e. The number of carbonyl (C=O) groups excluding carboxylic acids is 1. The number of thioether (sulfide) groups is 1. The van der Waals surface area contributed by atoms with Gasteiger partial charge in [-0.1, -0.05) is 12.1 Å². The van der Waals surface area contributed by atoms with Gasteiger partial charge in [0.1, 0.15) is 17.6 Å². The van der Waals surface area contributed by atoms with E-state index in [1.165, 1.54) is 12.2 Å². The number of hydrogen-bond donors (Lipinski definition) is 0. The maximum atomic E-state index is 11.0. The van der Waals surface area contributed by atoms with Crippen molar-refractivity contribution in [3.05, 3.63) is 29.8 Å². The molecule has 2 rings (SSSR count). The third-order valence-electron chi connectivity index (χ3n) is 2.80. The molecule has 1 aromatic rings. The molecule has 1 fully saturated rings. The van der Waals surface area contributed by atoms with Gasteiger partial charge in [-0.15, -0.1) is 0 Å². The first-order valence-electron chi connectivity index (χ1n) is 6.07. The number of Topliss-reactive ketones (excluding diaryl/α,β-unsaturated/α-hetero) is 1. The molecule has 1 heterocycles. The Kier molecular flexibility index (Phi) is 4.49. The molecule has 1 atom stereocenters. The van der Waals surface area contributed by atoms with Crippen LogP contribution in [0.1, 0.15) is 25.3 Å². The fourth-order valence-corrected chi connectivity index (χ4v) is 3.00. The van der Waals surface area contributed by atoms with Gasteiger partial charge in [-0.3, -0.25) is 4.79 Å². The van der Waals surface area contributed by atoms with Crippen molar-refractivity contribution in [3.8, 4) is 5.75 Å². The third-order valence-corrected chi connectivity index (χ3v) is 3.98. The molecule has 0 spiro atoms. The average molecular weight is 250 g/mol. The van der Waals surface area contributed by atoms with E-state index in [0.29, 0.717) is 12.5 Å². The molecule has 1 saturated heterocycles. The zero-order valence-corrected chi connectivity index (χ0v) is 11.0. The second-order valence-corrected chi connectivity index (χ2v) is 5.63. The zero-order valence-electron chi connectivity index (χ0n) is 10.1. The maximum absolute atomic E-state index is 11.0. The normalized spacial score (nSPS) is 19.9. The number of benzene rings is 1. The largest absolute Gasteiger partial charge is 0.490 e. The van der Waals surface area contributed by atoms with Crippen molar-refractivity contribution < 1.29 is 9.53 Å². The first-order chi connectivity index (χ1) is 8.24. The molecule has 0 bridgehead atoms. The fraction of sp³-hybridized carbons (Fsp3) is 0.500. The van der Waals surface area contributed by atoms with E-state index in [-0.39, 0.29) is 5.78 Å². The average Bonchev–Trinajstić information content (AvgIpc) is 2.32. The molecule has 17 heavy (non-hydrogen) atoms. The van der Waals surface area contributed by atoms with Crippen LogP contribution in [0.3, 0.4) is 0 Å². The Bertz CT molecular complexity index is 366. The van der Waals surface area contributed by atoms with Crippen LogP contribution in [0.5, 0.6) is 5.75 Å². The molecule has 0 N–H and O–H groups in total. The van der Waals surface area contributed by atoms with E-state index < -0.39 is 0 Å². The molecule has 92 valence electrons. The molecule has 2 nitrogen and oxygen atoms in total. The zero-order chi connectivity index (χ0) is 12.1. The van der Waals surface area contributed by atoms with Crippen LogP contribution < -0.4 is 4.74 Å². The van der Waals surface area contributed by atoms with E-state index in [4.69, 9.17) is 4.74 Å². The van der Waals surface area contributed by atoms with Gasteiger partial charge in [0.15, 0.2) is 0 Å². The molecule has 0 radical (unpaired) electrons. The smallest absolute Gasteiger partial charge is 0.134 e. The molecule has 3 heteroatoms. The number of carbonyl (C=O) groups is 1. The SMILES string of the molecule is CC(=O)Cc1ccc(OC2CCCSC2)cc1. The number of hydrogen-bond acceptors (Lipinski definition) is 3. The van der Waals surface area contributed by atoms with Gasteiger partial charge in [-0.05, 0) is 43.2 Å². The summed E-state index contributed by atoms with van der Waals surface area (Å²) in [6, 6.07) is 7.90. The van der Waals surface area contributed by atoms with Gasteiger partial charge in [0.2, 0.25) is 0 Å². The minimum absolute atomic E-state index is 0.197. The van der Waals surface area contributed by atoms with Gasteiger partial charge in [-0.25, -0.2) is 0 Å². The lowest BCUT2D eigenvalue weighted by atomic mass is 10.1. The molecular formula is C14H18O2S. The fourth-order valence-electron chi connectivity index (χ4n) is 1.97. The van der Waals surface area contributed by atoms with Gasteiger partial charge in [-0.2, -0.15) is 11.8 Å². The predicted octanol–water partition coefficient (Wildman–Crippen LogP) is 3.09. The molecule has 1 aliphatic heterocycles. The van der Waals surface area contributed by atoms with Gasteiger partial charge >= 0.3 is 0 Å². The van der Waals surface area contributed by atoms with Crippen molar-refractivity contribution in [2.45, 2.75) is 32.3 Å². The molecule has 1 unspecified atom stereocenters. The summed E-state index contributed by atoms with van der Waals surface area (Å²) >= 11 is 1.96.